The highest BCUT2D eigenvalue weighted by Gasteiger charge is 2.34. The van der Waals surface area contributed by atoms with Gasteiger partial charge in [-0.2, -0.15) is 0 Å². The van der Waals surface area contributed by atoms with E-state index in [9.17, 15) is 9.59 Å². The first-order chi connectivity index (χ1) is 8.97. The number of carboxylic acids is 1. The monoisotopic (exact) mass is 268 g/mol. The number of hydrogen-bond acceptors (Lipinski definition) is 2. The second kappa shape index (κ2) is 5.80. The summed E-state index contributed by atoms with van der Waals surface area (Å²) in [6.07, 6.45) is 2.95. The Morgan fingerprint density at radius 2 is 1.84 bits per heavy atom. The van der Waals surface area contributed by atoms with Crippen LogP contribution in [0.4, 0.5) is 4.79 Å². The van der Waals surface area contributed by atoms with Crippen molar-refractivity contribution in [2.45, 2.75) is 45.6 Å². The fourth-order valence-corrected chi connectivity index (χ4v) is 3.32. The minimum Gasteiger partial charge on any atom is -0.481 e. The van der Waals surface area contributed by atoms with Crippen molar-refractivity contribution in [2.75, 3.05) is 19.6 Å². The summed E-state index contributed by atoms with van der Waals surface area (Å²) in [5, 5.41) is 8.79. The number of likely N-dealkylation sites (tertiary alicyclic amines) is 2. The lowest BCUT2D eigenvalue weighted by molar-refractivity contribution is -0.138. The van der Waals surface area contributed by atoms with Gasteiger partial charge < -0.3 is 14.9 Å². The van der Waals surface area contributed by atoms with Crippen LogP contribution in [0.2, 0.25) is 0 Å². The zero-order valence-electron chi connectivity index (χ0n) is 11.8. The molecule has 0 spiro atoms. The van der Waals surface area contributed by atoms with Gasteiger partial charge in [0.15, 0.2) is 0 Å². The molecular formula is C14H24N2O3. The fourth-order valence-electron chi connectivity index (χ4n) is 3.32. The molecule has 2 heterocycles. The average molecular weight is 268 g/mol. The molecule has 2 amide bonds. The van der Waals surface area contributed by atoms with Crippen molar-refractivity contribution in [1.82, 2.24) is 9.80 Å². The van der Waals surface area contributed by atoms with Gasteiger partial charge >= 0.3 is 12.0 Å². The van der Waals surface area contributed by atoms with Crippen LogP contribution in [-0.4, -0.2) is 52.6 Å². The van der Waals surface area contributed by atoms with E-state index in [0.29, 0.717) is 25.0 Å². The van der Waals surface area contributed by atoms with Crippen LogP contribution in [0.15, 0.2) is 0 Å². The van der Waals surface area contributed by atoms with Gasteiger partial charge in [0.1, 0.15) is 0 Å². The largest absolute Gasteiger partial charge is 0.481 e. The van der Waals surface area contributed by atoms with E-state index in [-0.39, 0.29) is 18.4 Å². The second-order valence-corrected chi connectivity index (χ2v) is 6.15. The van der Waals surface area contributed by atoms with Gasteiger partial charge in [0.2, 0.25) is 0 Å². The molecule has 0 aliphatic carbocycles. The van der Waals surface area contributed by atoms with Crippen molar-refractivity contribution in [1.29, 1.82) is 0 Å². The maximum absolute atomic E-state index is 12.4. The van der Waals surface area contributed by atoms with Crippen LogP contribution in [0.25, 0.3) is 0 Å². The summed E-state index contributed by atoms with van der Waals surface area (Å²) < 4.78 is 0. The minimum absolute atomic E-state index is 0.144. The number of carbonyl (C=O) groups is 2. The Hall–Kier alpha value is -1.26. The Labute approximate surface area is 114 Å². The summed E-state index contributed by atoms with van der Waals surface area (Å²) in [5.41, 5.74) is 0. The number of carboxylic acid groups (broad SMARTS) is 1. The van der Waals surface area contributed by atoms with E-state index in [4.69, 9.17) is 5.11 Å². The number of carbonyl (C=O) groups excluding carboxylic acids is 1. The first kappa shape index (κ1) is 14.2. The van der Waals surface area contributed by atoms with E-state index in [1.807, 2.05) is 9.80 Å². The number of urea groups is 1. The molecule has 2 atom stereocenters. The van der Waals surface area contributed by atoms with E-state index >= 15 is 0 Å². The molecular weight excluding hydrogens is 244 g/mol. The normalized spacial score (nSPS) is 28.7. The molecule has 108 valence electrons. The van der Waals surface area contributed by atoms with E-state index in [0.717, 1.165) is 25.8 Å². The van der Waals surface area contributed by atoms with Gasteiger partial charge in [-0.1, -0.05) is 6.92 Å². The fraction of sp³-hybridized carbons (Fsp3) is 0.857. The first-order valence-corrected chi connectivity index (χ1v) is 7.24. The molecule has 0 radical (unpaired) electrons. The number of nitrogens with zero attached hydrogens (tertiary/aromatic N) is 2. The van der Waals surface area contributed by atoms with E-state index in [1.165, 1.54) is 0 Å². The van der Waals surface area contributed by atoms with Gasteiger partial charge in [0, 0.05) is 32.1 Å². The summed E-state index contributed by atoms with van der Waals surface area (Å²) in [5.74, 6) is 0.0896. The molecule has 2 fully saturated rings. The summed E-state index contributed by atoms with van der Waals surface area (Å²) in [6.45, 7) is 6.55. The van der Waals surface area contributed by atoms with Crippen molar-refractivity contribution >= 4 is 12.0 Å². The van der Waals surface area contributed by atoms with Crippen molar-refractivity contribution in [3.05, 3.63) is 0 Å². The summed E-state index contributed by atoms with van der Waals surface area (Å²) in [4.78, 5) is 27.0. The van der Waals surface area contributed by atoms with E-state index in [2.05, 4.69) is 13.8 Å². The molecule has 0 bridgehead atoms. The predicted octanol–water partition coefficient (Wildman–Crippen LogP) is 2.02. The average Bonchev–Trinajstić information content (AvgIpc) is 2.68. The van der Waals surface area contributed by atoms with Gasteiger partial charge in [0.05, 0.1) is 0 Å². The molecule has 19 heavy (non-hydrogen) atoms. The number of aliphatic carboxylic acids is 1. The molecule has 2 rings (SSSR count). The molecule has 0 saturated carbocycles. The lowest BCUT2D eigenvalue weighted by Gasteiger charge is -2.35. The highest BCUT2D eigenvalue weighted by Crippen LogP contribution is 2.26. The number of amides is 2. The van der Waals surface area contributed by atoms with Crippen LogP contribution >= 0.6 is 0 Å². The number of piperidine rings is 1. The van der Waals surface area contributed by atoms with E-state index in [1.54, 1.807) is 0 Å². The molecule has 0 aromatic heterocycles. The standard InChI is InChI=1S/C14H24N2O3/c1-10-7-11(2)16(9-10)14(19)15-5-3-12(4-6-15)8-13(17)18/h10-12H,3-9H2,1-2H3,(H,17,18). The van der Waals surface area contributed by atoms with Crippen LogP contribution < -0.4 is 0 Å². The lowest BCUT2D eigenvalue weighted by atomic mass is 9.94. The predicted molar refractivity (Wildman–Crippen MR) is 71.9 cm³/mol. The molecule has 2 aliphatic heterocycles. The Morgan fingerprint density at radius 1 is 1.21 bits per heavy atom. The zero-order chi connectivity index (χ0) is 14.0. The van der Waals surface area contributed by atoms with Gasteiger partial charge in [-0.3, -0.25) is 4.79 Å². The molecule has 5 nitrogen and oxygen atoms in total. The van der Waals surface area contributed by atoms with Crippen molar-refractivity contribution in [3.8, 4) is 0 Å². The molecule has 2 aliphatic rings. The van der Waals surface area contributed by atoms with Crippen LogP contribution in [0.3, 0.4) is 0 Å². The van der Waals surface area contributed by atoms with Gasteiger partial charge in [-0.15, -0.1) is 0 Å². The Kier molecular flexibility index (Phi) is 4.32. The highest BCUT2D eigenvalue weighted by atomic mass is 16.4. The zero-order valence-corrected chi connectivity index (χ0v) is 11.8. The van der Waals surface area contributed by atoms with Crippen molar-refractivity contribution in [2.24, 2.45) is 11.8 Å². The second-order valence-electron chi connectivity index (χ2n) is 6.15. The van der Waals surface area contributed by atoms with Gasteiger partial charge in [-0.05, 0) is 38.0 Å². The third-order valence-corrected chi connectivity index (χ3v) is 4.38. The summed E-state index contributed by atoms with van der Waals surface area (Å²) in [7, 11) is 0. The third kappa shape index (κ3) is 3.39. The Balaban J connectivity index is 1.84. The van der Waals surface area contributed by atoms with Crippen LogP contribution in [0.1, 0.15) is 39.5 Å². The molecule has 0 aromatic carbocycles. The van der Waals surface area contributed by atoms with Gasteiger partial charge in [0.25, 0.3) is 0 Å². The molecule has 0 aromatic rings. The smallest absolute Gasteiger partial charge is 0.320 e. The SMILES string of the molecule is CC1CC(C)N(C(=O)N2CCC(CC(=O)O)CC2)C1. The van der Waals surface area contributed by atoms with Crippen molar-refractivity contribution in [3.63, 3.8) is 0 Å². The number of rotatable bonds is 2. The quantitative estimate of drug-likeness (QED) is 0.833. The number of hydrogen-bond donors (Lipinski definition) is 1. The molecule has 2 saturated heterocycles. The highest BCUT2D eigenvalue weighted by molar-refractivity contribution is 5.75. The molecule has 2 unspecified atom stereocenters. The Bertz CT molecular complexity index is 351. The third-order valence-electron chi connectivity index (χ3n) is 4.38. The molecule has 5 heteroatoms. The topological polar surface area (TPSA) is 60.9 Å². The Morgan fingerprint density at radius 3 is 2.32 bits per heavy atom. The van der Waals surface area contributed by atoms with Crippen LogP contribution in [0, 0.1) is 11.8 Å². The van der Waals surface area contributed by atoms with Gasteiger partial charge in [-0.25, -0.2) is 4.79 Å². The first-order valence-electron chi connectivity index (χ1n) is 7.24. The lowest BCUT2D eigenvalue weighted by Crippen LogP contribution is -2.48. The summed E-state index contributed by atoms with van der Waals surface area (Å²) >= 11 is 0. The van der Waals surface area contributed by atoms with Crippen LogP contribution in [-0.2, 0) is 4.79 Å². The minimum atomic E-state index is -0.730. The maximum atomic E-state index is 12.4. The van der Waals surface area contributed by atoms with Crippen LogP contribution in [0.5, 0.6) is 0 Å². The molecule has 1 N–H and O–H groups in total. The summed E-state index contributed by atoms with van der Waals surface area (Å²) in [6, 6.07) is 0.477. The van der Waals surface area contributed by atoms with E-state index < -0.39 is 5.97 Å². The maximum Gasteiger partial charge on any atom is 0.320 e. The van der Waals surface area contributed by atoms with Crippen molar-refractivity contribution < 1.29 is 14.7 Å².